The number of carbonyl (C=O) groups is 1. The zero-order valence-electron chi connectivity index (χ0n) is 10.4. The Kier molecular flexibility index (Phi) is 4.42. The predicted molar refractivity (Wildman–Crippen MR) is 78.2 cm³/mol. The van der Waals surface area contributed by atoms with Gasteiger partial charge in [-0.2, -0.15) is 0 Å². The fourth-order valence-corrected chi connectivity index (χ4v) is 2.10. The Balaban J connectivity index is 2.28. The second kappa shape index (κ2) is 6.07. The molecule has 104 valence electrons. The van der Waals surface area contributed by atoms with E-state index in [-0.39, 0.29) is 21.4 Å². The number of halogens is 3. The minimum Gasteiger partial charge on any atom is -0.388 e. The minimum atomic E-state index is -0.576. The number of carbonyl (C=O) groups excluding carboxylic acids is 1. The van der Waals surface area contributed by atoms with Gasteiger partial charge in [-0.25, -0.2) is 4.39 Å². The summed E-state index contributed by atoms with van der Waals surface area (Å²) in [5.41, 5.74) is 1.08. The maximum Gasteiger partial charge on any atom is 0.274 e. The van der Waals surface area contributed by atoms with Crippen molar-refractivity contribution >= 4 is 40.5 Å². The van der Waals surface area contributed by atoms with E-state index in [4.69, 9.17) is 23.2 Å². The first-order valence-electron chi connectivity index (χ1n) is 5.61. The molecule has 0 spiro atoms. The number of hydrogen-bond donors (Lipinski definition) is 2. The van der Waals surface area contributed by atoms with E-state index in [0.717, 1.165) is 17.8 Å². The molecule has 0 saturated heterocycles. The molecule has 2 rings (SSSR count). The molecule has 20 heavy (non-hydrogen) atoms. The Bertz CT molecular complexity index is 641. The van der Waals surface area contributed by atoms with Gasteiger partial charge in [0.25, 0.3) is 5.91 Å². The van der Waals surface area contributed by atoms with E-state index in [1.807, 2.05) is 0 Å². The highest BCUT2D eigenvalue weighted by atomic mass is 35.5. The smallest absolute Gasteiger partial charge is 0.274 e. The van der Waals surface area contributed by atoms with Crippen LogP contribution in [0.25, 0.3) is 0 Å². The van der Waals surface area contributed by atoms with Crippen LogP contribution in [0.4, 0.5) is 15.8 Å². The van der Waals surface area contributed by atoms with Crippen molar-refractivity contribution in [3.63, 3.8) is 0 Å². The fraction of sp³-hybridized carbons (Fsp3) is 0.0769. The molecule has 2 N–H and O–H groups in total. The summed E-state index contributed by atoms with van der Waals surface area (Å²) >= 11 is 11.7. The van der Waals surface area contributed by atoms with Crippen LogP contribution >= 0.6 is 23.2 Å². The van der Waals surface area contributed by atoms with Crippen LogP contribution in [0.3, 0.4) is 0 Å². The maximum atomic E-state index is 13.1. The molecule has 2 aromatic rings. The van der Waals surface area contributed by atoms with Crippen molar-refractivity contribution in [3.8, 4) is 0 Å². The minimum absolute atomic E-state index is 0.0214. The SMILES string of the molecule is CNc1ccnc(C(=O)Nc2c(Cl)cc(F)cc2Cl)c1. The first kappa shape index (κ1) is 14.6. The van der Waals surface area contributed by atoms with Crippen LogP contribution in [-0.2, 0) is 0 Å². The summed E-state index contributed by atoms with van der Waals surface area (Å²) in [6.45, 7) is 0. The highest BCUT2D eigenvalue weighted by Gasteiger charge is 2.14. The summed E-state index contributed by atoms with van der Waals surface area (Å²) in [6.07, 6.45) is 1.49. The number of amides is 1. The highest BCUT2D eigenvalue weighted by molar-refractivity contribution is 6.40. The van der Waals surface area contributed by atoms with Gasteiger partial charge >= 0.3 is 0 Å². The summed E-state index contributed by atoms with van der Waals surface area (Å²) in [6, 6.07) is 5.43. The maximum absolute atomic E-state index is 13.1. The molecule has 0 atom stereocenters. The molecule has 1 heterocycles. The Morgan fingerprint density at radius 1 is 1.25 bits per heavy atom. The summed E-state index contributed by atoms with van der Waals surface area (Å²) in [5.74, 6) is -1.06. The molecule has 0 saturated carbocycles. The molecule has 0 aliphatic rings. The summed E-state index contributed by atoms with van der Waals surface area (Å²) in [4.78, 5) is 16.0. The molecule has 1 aromatic heterocycles. The molecular formula is C13H10Cl2FN3O. The molecule has 7 heteroatoms. The van der Waals surface area contributed by atoms with Crippen molar-refractivity contribution in [3.05, 3.63) is 52.0 Å². The Morgan fingerprint density at radius 3 is 2.50 bits per heavy atom. The van der Waals surface area contributed by atoms with Crippen LogP contribution in [0.15, 0.2) is 30.5 Å². The third-order valence-corrected chi connectivity index (χ3v) is 3.12. The molecule has 1 aromatic carbocycles. The van der Waals surface area contributed by atoms with Gasteiger partial charge in [0.15, 0.2) is 0 Å². The van der Waals surface area contributed by atoms with Crippen molar-refractivity contribution in [2.24, 2.45) is 0 Å². The standard InChI is InChI=1S/C13H10Cl2FN3O/c1-17-8-2-3-18-11(6-8)13(20)19-12-9(14)4-7(16)5-10(12)15/h2-6H,1H3,(H,17,18)(H,19,20). The third kappa shape index (κ3) is 3.18. The first-order valence-corrected chi connectivity index (χ1v) is 6.36. The van der Waals surface area contributed by atoms with E-state index in [2.05, 4.69) is 15.6 Å². The van der Waals surface area contributed by atoms with Crippen molar-refractivity contribution in [2.75, 3.05) is 17.7 Å². The lowest BCUT2D eigenvalue weighted by molar-refractivity contribution is 0.102. The van der Waals surface area contributed by atoms with Crippen LogP contribution in [0, 0.1) is 5.82 Å². The average Bonchev–Trinajstić information content (AvgIpc) is 2.42. The fourth-order valence-electron chi connectivity index (χ4n) is 1.55. The highest BCUT2D eigenvalue weighted by Crippen LogP contribution is 2.31. The number of rotatable bonds is 3. The summed E-state index contributed by atoms with van der Waals surface area (Å²) < 4.78 is 13.1. The van der Waals surface area contributed by atoms with E-state index in [0.29, 0.717) is 0 Å². The topological polar surface area (TPSA) is 54.0 Å². The zero-order chi connectivity index (χ0) is 14.7. The Morgan fingerprint density at radius 2 is 1.90 bits per heavy atom. The van der Waals surface area contributed by atoms with Gasteiger partial charge in [0, 0.05) is 18.9 Å². The van der Waals surface area contributed by atoms with E-state index in [1.165, 1.54) is 6.20 Å². The summed E-state index contributed by atoms with van der Waals surface area (Å²) in [5, 5.41) is 5.45. The van der Waals surface area contributed by atoms with Gasteiger partial charge in [0.05, 0.1) is 15.7 Å². The van der Waals surface area contributed by atoms with Crippen molar-refractivity contribution < 1.29 is 9.18 Å². The largest absolute Gasteiger partial charge is 0.388 e. The van der Waals surface area contributed by atoms with Gasteiger partial charge < -0.3 is 10.6 Å². The van der Waals surface area contributed by atoms with Crippen molar-refractivity contribution in [1.29, 1.82) is 0 Å². The molecule has 0 aliphatic heterocycles. The van der Waals surface area contributed by atoms with Gasteiger partial charge in [-0.3, -0.25) is 9.78 Å². The Labute approximate surface area is 124 Å². The second-order valence-corrected chi connectivity index (χ2v) is 4.69. The molecule has 0 fully saturated rings. The van der Waals surface area contributed by atoms with Gasteiger partial charge in [0.1, 0.15) is 11.5 Å². The predicted octanol–water partition coefficient (Wildman–Crippen LogP) is 3.82. The van der Waals surface area contributed by atoms with Crippen LogP contribution in [0.5, 0.6) is 0 Å². The number of benzene rings is 1. The molecule has 0 aliphatic carbocycles. The molecular weight excluding hydrogens is 304 g/mol. The lowest BCUT2D eigenvalue weighted by Crippen LogP contribution is -2.14. The number of nitrogens with zero attached hydrogens (tertiary/aromatic N) is 1. The molecule has 4 nitrogen and oxygen atoms in total. The summed E-state index contributed by atoms with van der Waals surface area (Å²) in [7, 11) is 1.73. The molecule has 0 radical (unpaired) electrons. The third-order valence-electron chi connectivity index (χ3n) is 2.53. The molecule has 0 bridgehead atoms. The molecule has 1 amide bonds. The number of nitrogens with one attached hydrogen (secondary N) is 2. The van der Waals surface area contributed by atoms with Crippen molar-refractivity contribution in [2.45, 2.75) is 0 Å². The normalized spacial score (nSPS) is 10.2. The van der Waals surface area contributed by atoms with Gasteiger partial charge in [-0.05, 0) is 24.3 Å². The monoisotopic (exact) mass is 313 g/mol. The van der Waals surface area contributed by atoms with Crippen molar-refractivity contribution in [1.82, 2.24) is 4.98 Å². The lowest BCUT2D eigenvalue weighted by atomic mass is 10.2. The van der Waals surface area contributed by atoms with E-state index < -0.39 is 11.7 Å². The Hall–Kier alpha value is -1.85. The lowest BCUT2D eigenvalue weighted by Gasteiger charge is -2.09. The second-order valence-electron chi connectivity index (χ2n) is 3.88. The van der Waals surface area contributed by atoms with Crippen LogP contribution in [0.2, 0.25) is 10.0 Å². The number of anilines is 2. The van der Waals surface area contributed by atoms with E-state index >= 15 is 0 Å². The van der Waals surface area contributed by atoms with Gasteiger partial charge in [-0.1, -0.05) is 23.2 Å². The van der Waals surface area contributed by atoms with Crippen LogP contribution in [0.1, 0.15) is 10.5 Å². The number of aromatic nitrogens is 1. The van der Waals surface area contributed by atoms with Gasteiger partial charge in [-0.15, -0.1) is 0 Å². The van der Waals surface area contributed by atoms with E-state index in [1.54, 1.807) is 19.2 Å². The van der Waals surface area contributed by atoms with Crippen LogP contribution < -0.4 is 10.6 Å². The molecule has 0 unspecified atom stereocenters. The number of pyridine rings is 1. The number of hydrogen-bond acceptors (Lipinski definition) is 3. The zero-order valence-corrected chi connectivity index (χ0v) is 11.9. The van der Waals surface area contributed by atoms with Crippen LogP contribution in [-0.4, -0.2) is 17.9 Å². The first-order chi connectivity index (χ1) is 9.51. The average molecular weight is 314 g/mol. The quantitative estimate of drug-likeness (QED) is 0.905. The van der Waals surface area contributed by atoms with E-state index in [9.17, 15) is 9.18 Å². The van der Waals surface area contributed by atoms with Gasteiger partial charge in [0.2, 0.25) is 0 Å².